The summed E-state index contributed by atoms with van der Waals surface area (Å²) in [6, 6.07) is 21.4. The monoisotopic (exact) mass is 455 g/mol. The van der Waals surface area contributed by atoms with Gasteiger partial charge in [-0.3, -0.25) is 0 Å². The molecule has 0 saturated carbocycles. The summed E-state index contributed by atoms with van der Waals surface area (Å²) < 4.78 is 0. The fourth-order valence-electron chi connectivity index (χ4n) is 2.96. The minimum absolute atomic E-state index is 0. The van der Waals surface area contributed by atoms with Crippen molar-refractivity contribution in [2.45, 2.75) is 58.9 Å². The van der Waals surface area contributed by atoms with Crippen LogP contribution >= 0.6 is 0 Å². The van der Waals surface area contributed by atoms with Gasteiger partial charge in [0.1, 0.15) is 0 Å². The zero-order valence-electron chi connectivity index (χ0n) is 19.1. The van der Waals surface area contributed by atoms with Gasteiger partial charge < -0.3 is 20.6 Å². The Balaban J connectivity index is -0.000000733. The quantitative estimate of drug-likeness (QED) is 0.336. The number of hydrogen-bond donors (Lipinski definition) is 0. The van der Waals surface area contributed by atoms with Gasteiger partial charge in [-0.05, 0) is 17.4 Å². The predicted molar refractivity (Wildman–Crippen MR) is 139 cm³/mol. The molecule has 0 unspecified atom stereocenters. The maximum absolute atomic E-state index is 6.94. The van der Waals surface area contributed by atoms with Gasteiger partial charge in [-0.25, -0.2) is 0 Å². The van der Waals surface area contributed by atoms with Gasteiger partial charge in [-0.1, -0.05) is 101 Å². The van der Waals surface area contributed by atoms with Crippen molar-refractivity contribution in [3.8, 4) is 0 Å². The van der Waals surface area contributed by atoms with Crippen LogP contribution in [0.4, 0.5) is 0 Å². The van der Waals surface area contributed by atoms with E-state index in [9.17, 15) is 0 Å². The van der Waals surface area contributed by atoms with Crippen molar-refractivity contribution in [3.05, 3.63) is 104 Å². The van der Waals surface area contributed by atoms with Crippen LogP contribution in [-0.4, -0.2) is 16.5 Å². The van der Waals surface area contributed by atoms with Gasteiger partial charge in [0, 0.05) is 0 Å². The molecule has 1 nitrogen and oxygen atoms in total. The topological polar surface area (TPSA) is 23.8 Å². The molecule has 0 aliphatic heterocycles. The Morgan fingerprint density at radius 3 is 1.73 bits per heavy atom. The molecule has 0 bridgehead atoms. The maximum Gasteiger partial charge on any atom is 4.00 e. The number of hydrogen-bond acceptors (Lipinski definition) is 0. The first-order valence-corrected chi connectivity index (χ1v) is 9.59. The van der Waals surface area contributed by atoms with Gasteiger partial charge >= 0.3 is 21.7 Å². The third kappa shape index (κ3) is 11.3. The smallest absolute Gasteiger partial charge is 0.673 e. The first-order valence-electron chi connectivity index (χ1n) is 9.59. The van der Waals surface area contributed by atoms with E-state index < -0.39 is 0 Å². The van der Waals surface area contributed by atoms with Crippen molar-refractivity contribution in [2.75, 3.05) is 0 Å². The van der Waals surface area contributed by atoms with Gasteiger partial charge in [-0.15, -0.1) is 34.4 Å². The molecule has 2 aromatic rings. The summed E-state index contributed by atoms with van der Waals surface area (Å²) in [6.45, 7) is 7.82. The minimum atomic E-state index is -0.250. The normalized spacial score (nSPS) is 12.1. The van der Waals surface area contributed by atoms with E-state index in [0.717, 1.165) is 6.42 Å². The molecular weight excluding hydrogens is 414 g/mol. The largest absolute Gasteiger partial charge is 4.00 e. The zero-order valence-corrected chi connectivity index (χ0v) is 20.7. The Kier molecular flexibility index (Phi) is 18.4. The average molecular weight is 456 g/mol. The van der Waals surface area contributed by atoms with Crippen LogP contribution in [0.25, 0.3) is 16.9 Å². The number of benzene rings is 2. The second-order valence-electron chi connectivity index (χ2n) is 7.79. The maximum atomic E-state index is 6.94. The minimum Gasteiger partial charge on any atom is -0.673 e. The standard InChI is InChI=1S/C21H21.C4H10N.2CH3.H4Si.Ti/c1-2-3-10-19-15-16-20(17-11-6-4-7-12-17)21(19)18-13-8-5-9-14-18;1-4(2,3)5;;;;/h4-9,11-14H,2-3,10,15H2,1H3;5H,1-3H3;2*1H3;1H4;/q4*-1;;+4. The molecule has 0 atom stereocenters. The molecule has 0 spiro atoms. The molecular formula is C27H41NSiTi. The van der Waals surface area contributed by atoms with Crippen LogP contribution in [0.5, 0.6) is 0 Å². The third-order valence-electron chi connectivity index (χ3n) is 4.04. The fraction of sp³-hybridized carbons (Fsp3) is 0.333. The summed E-state index contributed by atoms with van der Waals surface area (Å²) in [5.41, 5.74) is 13.5. The summed E-state index contributed by atoms with van der Waals surface area (Å²) in [7, 11) is 0. The van der Waals surface area contributed by atoms with Crippen molar-refractivity contribution in [2.24, 2.45) is 0 Å². The SMILES string of the molecule is CC(C)(C)[NH-].CCCCC1=C(c2ccccc2)C(c2ccccc2)=[C-]C1.[CH3-].[CH3-].[SiH4].[Ti+4]. The Labute approximate surface area is 206 Å². The Morgan fingerprint density at radius 2 is 1.30 bits per heavy atom. The number of nitrogens with one attached hydrogen (secondary N) is 1. The summed E-state index contributed by atoms with van der Waals surface area (Å²) >= 11 is 0. The van der Waals surface area contributed by atoms with E-state index in [0.29, 0.717) is 0 Å². The Bertz CT molecular complexity index is 737. The van der Waals surface area contributed by atoms with Crippen LogP contribution in [0.15, 0.2) is 66.2 Å². The van der Waals surface area contributed by atoms with E-state index >= 15 is 0 Å². The van der Waals surface area contributed by atoms with Crippen LogP contribution in [0.2, 0.25) is 0 Å². The fourth-order valence-corrected chi connectivity index (χ4v) is 2.96. The molecule has 0 saturated heterocycles. The second-order valence-corrected chi connectivity index (χ2v) is 7.79. The van der Waals surface area contributed by atoms with E-state index in [1.54, 1.807) is 5.57 Å². The van der Waals surface area contributed by atoms with Crippen molar-refractivity contribution in [1.29, 1.82) is 0 Å². The third-order valence-corrected chi connectivity index (χ3v) is 4.04. The van der Waals surface area contributed by atoms with Crippen molar-refractivity contribution < 1.29 is 21.7 Å². The molecule has 1 aliphatic rings. The number of unbranched alkanes of at least 4 members (excludes halogenated alkanes) is 1. The van der Waals surface area contributed by atoms with Crippen LogP contribution in [-0.2, 0) is 21.7 Å². The van der Waals surface area contributed by atoms with Crippen LogP contribution in [0.1, 0.15) is 64.5 Å². The van der Waals surface area contributed by atoms with Crippen molar-refractivity contribution in [1.82, 2.24) is 0 Å². The van der Waals surface area contributed by atoms with Gasteiger partial charge in [0.2, 0.25) is 0 Å². The predicted octanol–water partition coefficient (Wildman–Crippen LogP) is 7.20. The molecule has 3 heteroatoms. The molecule has 3 rings (SSSR count). The first kappa shape index (κ1) is 33.4. The van der Waals surface area contributed by atoms with E-state index in [4.69, 9.17) is 5.73 Å². The van der Waals surface area contributed by atoms with Crippen molar-refractivity contribution >= 4 is 22.1 Å². The van der Waals surface area contributed by atoms with Crippen LogP contribution in [0.3, 0.4) is 0 Å². The Hall–Kier alpha value is -1.19. The van der Waals surface area contributed by atoms with E-state index in [2.05, 4.69) is 73.7 Å². The number of allylic oxidation sites excluding steroid dienone is 4. The molecule has 0 amide bonds. The van der Waals surface area contributed by atoms with Crippen molar-refractivity contribution in [3.63, 3.8) is 0 Å². The van der Waals surface area contributed by atoms with Crippen LogP contribution < -0.4 is 0 Å². The van der Waals surface area contributed by atoms with Gasteiger partial charge in [0.15, 0.2) is 0 Å². The summed E-state index contributed by atoms with van der Waals surface area (Å²) in [4.78, 5) is 0. The first-order chi connectivity index (χ1) is 12.4. The molecule has 162 valence electrons. The molecule has 0 aromatic heterocycles. The second kappa shape index (κ2) is 16.5. The molecule has 0 heterocycles. The van der Waals surface area contributed by atoms with Gasteiger partial charge in [0.05, 0.1) is 0 Å². The molecule has 0 radical (unpaired) electrons. The summed E-state index contributed by atoms with van der Waals surface area (Å²) in [6.07, 6.45) is 8.29. The van der Waals surface area contributed by atoms with Crippen LogP contribution in [0, 0.1) is 20.9 Å². The molecule has 2 aromatic carbocycles. The molecule has 30 heavy (non-hydrogen) atoms. The zero-order chi connectivity index (χ0) is 19.0. The molecule has 0 fully saturated rings. The van der Waals surface area contributed by atoms with E-state index in [-0.39, 0.29) is 53.1 Å². The Morgan fingerprint density at radius 1 is 0.867 bits per heavy atom. The number of rotatable bonds is 5. The van der Waals surface area contributed by atoms with E-state index in [1.807, 2.05) is 20.8 Å². The summed E-state index contributed by atoms with van der Waals surface area (Å²) in [5, 5.41) is 0. The van der Waals surface area contributed by atoms with Gasteiger partial charge in [-0.2, -0.15) is 11.6 Å². The molecule has 1 aliphatic carbocycles. The van der Waals surface area contributed by atoms with E-state index in [1.165, 1.54) is 41.5 Å². The summed E-state index contributed by atoms with van der Waals surface area (Å²) in [5.74, 6) is 0. The average Bonchev–Trinajstić information content (AvgIpc) is 3.04. The van der Waals surface area contributed by atoms with Gasteiger partial charge in [0.25, 0.3) is 0 Å². The molecule has 1 N–H and O–H groups in total.